The van der Waals surface area contributed by atoms with Crippen LogP contribution in [0.25, 0.3) is 10.4 Å². The van der Waals surface area contributed by atoms with E-state index in [-0.39, 0.29) is 5.91 Å². The first-order chi connectivity index (χ1) is 12.4. The van der Waals surface area contributed by atoms with Crippen molar-refractivity contribution in [1.82, 2.24) is 9.21 Å². The lowest BCUT2D eigenvalue weighted by atomic mass is 10.1. The topological polar surface area (TPSA) is 66.9 Å². The molecule has 0 saturated carbocycles. The second-order valence-electron chi connectivity index (χ2n) is 6.56. The first-order valence-electron chi connectivity index (χ1n) is 8.53. The molecule has 1 amide bonds. The maximum Gasteiger partial charge on any atom is 0.263 e. The van der Waals surface area contributed by atoms with Crippen molar-refractivity contribution in [3.05, 3.63) is 40.8 Å². The van der Waals surface area contributed by atoms with Crippen LogP contribution in [0.15, 0.2) is 30.3 Å². The molecule has 6 nitrogen and oxygen atoms in total. The third kappa shape index (κ3) is 3.24. The van der Waals surface area contributed by atoms with Crippen molar-refractivity contribution >= 4 is 27.3 Å². The standard InChI is InChI=1S/C18H20N2O4S2/c1-26(22,23)20-8-4-7-19(9-10-20)18(21)16-11-13-12-24-15-6-3-2-5-14(15)17(13)25-16/h2-3,5-6,11H,4,7-10,12H2,1H3. The Balaban J connectivity index is 1.56. The molecule has 0 spiro atoms. The first kappa shape index (κ1) is 17.5. The Morgan fingerprint density at radius 1 is 1.15 bits per heavy atom. The minimum Gasteiger partial charge on any atom is -0.488 e. The molecule has 2 aliphatic heterocycles. The summed E-state index contributed by atoms with van der Waals surface area (Å²) in [6.45, 7) is 2.27. The molecule has 0 unspecified atom stereocenters. The normalized spacial score (nSPS) is 17.8. The summed E-state index contributed by atoms with van der Waals surface area (Å²) in [6, 6.07) is 9.76. The van der Waals surface area contributed by atoms with Crippen LogP contribution in [-0.4, -0.2) is 56.0 Å². The second kappa shape index (κ2) is 6.68. The van der Waals surface area contributed by atoms with Gasteiger partial charge in [0.05, 0.1) is 11.1 Å². The van der Waals surface area contributed by atoms with Crippen LogP contribution in [0.1, 0.15) is 21.7 Å². The van der Waals surface area contributed by atoms with Crippen molar-refractivity contribution < 1.29 is 17.9 Å². The highest BCUT2D eigenvalue weighted by Crippen LogP contribution is 2.42. The van der Waals surface area contributed by atoms with Crippen LogP contribution in [-0.2, 0) is 16.6 Å². The summed E-state index contributed by atoms with van der Waals surface area (Å²) in [4.78, 5) is 16.5. The van der Waals surface area contributed by atoms with Gasteiger partial charge in [0.1, 0.15) is 12.4 Å². The fourth-order valence-corrected chi connectivity index (χ4v) is 5.43. The summed E-state index contributed by atoms with van der Waals surface area (Å²) in [7, 11) is -3.22. The van der Waals surface area contributed by atoms with E-state index in [0.29, 0.717) is 44.1 Å². The number of fused-ring (bicyclic) bond motifs is 3. The monoisotopic (exact) mass is 392 g/mol. The molecule has 1 aromatic carbocycles. The van der Waals surface area contributed by atoms with E-state index in [9.17, 15) is 13.2 Å². The van der Waals surface area contributed by atoms with Gasteiger partial charge in [-0.15, -0.1) is 11.3 Å². The minimum atomic E-state index is -3.22. The van der Waals surface area contributed by atoms with Crippen molar-refractivity contribution in [2.24, 2.45) is 0 Å². The lowest BCUT2D eigenvalue weighted by Gasteiger charge is -2.20. The third-order valence-electron chi connectivity index (χ3n) is 4.75. The number of sulfonamides is 1. The third-order valence-corrected chi connectivity index (χ3v) is 7.25. The highest BCUT2D eigenvalue weighted by Gasteiger charge is 2.27. The molecule has 0 bridgehead atoms. The van der Waals surface area contributed by atoms with Crippen LogP contribution in [0.2, 0.25) is 0 Å². The molecule has 2 aromatic rings. The maximum atomic E-state index is 13.0. The molecular formula is C18H20N2O4S2. The van der Waals surface area contributed by atoms with Crippen molar-refractivity contribution in [3.63, 3.8) is 0 Å². The molecule has 4 rings (SSSR count). The van der Waals surface area contributed by atoms with Crippen LogP contribution in [0.5, 0.6) is 5.75 Å². The Morgan fingerprint density at radius 2 is 1.96 bits per heavy atom. The van der Waals surface area contributed by atoms with Gasteiger partial charge in [-0.2, -0.15) is 0 Å². The Labute approximate surface area is 157 Å². The van der Waals surface area contributed by atoms with Crippen LogP contribution in [0.4, 0.5) is 0 Å². The quantitative estimate of drug-likeness (QED) is 0.787. The number of nitrogens with zero attached hydrogens (tertiary/aromatic N) is 2. The van der Waals surface area contributed by atoms with Crippen LogP contribution >= 0.6 is 11.3 Å². The maximum absolute atomic E-state index is 13.0. The molecule has 1 saturated heterocycles. The van der Waals surface area contributed by atoms with Gasteiger partial charge in [0.2, 0.25) is 10.0 Å². The van der Waals surface area contributed by atoms with Crippen LogP contribution in [0, 0.1) is 0 Å². The van der Waals surface area contributed by atoms with E-state index in [1.54, 1.807) is 4.90 Å². The Morgan fingerprint density at radius 3 is 2.77 bits per heavy atom. The summed E-state index contributed by atoms with van der Waals surface area (Å²) >= 11 is 1.49. The largest absolute Gasteiger partial charge is 0.488 e. The highest BCUT2D eigenvalue weighted by molar-refractivity contribution is 7.88. The first-order valence-corrected chi connectivity index (χ1v) is 11.2. The van der Waals surface area contributed by atoms with Crippen LogP contribution < -0.4 is 4.74 Å². The fraction of sp³-hybridized carbons (Fsp3) is 0.389. The average Bonchev–Trinajstić information content (AvgIpc) is 2.89. The van der Waals surface area contributed by atoms with E-state index >= 15 is 0 Å². The number of hydrogen-bond acceptors (Lipinski definition) is 5. The fourth-order valence-electron chi connectivity index (χ4n) is 3.39. The minimum absolute atomic E-state index is 0.0303. The van der Waals surface area contributed by atoms with E-state index in [4.69, 9.17) is 4.74 Å². The highest BCUT2D eigenvalue weighted by atomic mass is 32.2. The molecule has 8 heteroatoms. The number of carbonyl (C=O) groups is 1. The Kier molecular flexibility index (Phi) is 4.50. The zero-order chi connectivity index (χ0) is 18.3. The number of ether oxygens (including phenoxy) is 1. The molecule has 0 N–H and O–H groups in total. The van der Waals surface area contributed by atoms with Gasteiger partial charge in [0.15, 0.2) is 0 Å². The van der Waals surface area contributed by atoms with E-state index in [2.05, 4.69) is 0 Å². The van der Waals surface area contributed by atoms with E-state index in [1.807, 2.05) is 30.3 Å². The molecule has 0 atom stereocenters. The number of para-hydroxylation sites is 1. The number of amides is 1. The van der Waals surface area contributed by atoms with E-state index < -0.39 is 10.0 Å². The Hall–Kier alpha value is -1.90. The zero-order valence-corrected chi connectivity index (χ0v) is 16.1. The molecule has 138 valence electrons. The van der Waals surface area contributed by atoms with Gasteiger partial charge < -0.3 is 9.64 Å². The molecule has 26 heavy (non-hydrogen) atoms. The van der Waals surface area contributed by atoms with Crippen molar-refractivity contribution in [3.8, 4) is 16.2 Å². The molecule has 1 aromatic heterocycles. The van der Waals surface area contributed by atoms with Crippen molar-refractivity contribution in [2.75, 3.05) is 32.4 Å². The summed E-state index contributed by atoms with van der Waals surface area (Å²) in [6.07, 6.45) is 1.87. The van der Waals surface area contributed by atoms with Crippen LogP contribution in [0.3, 0.4) is 0 Å². The number of rotatable bonds is 2. The number of thiophene rings is 1. The van der Waals surface area contributed by atoms with E-state index in [0.717, 1.165) is 21.8 Å². The van der Waals surface area contributed by atoms with Gasteiger partial charge in [0.25, 0.3) is 5.91 Å². The molecule has 1 fully saturated rings. The second-order valence-corrected chi connectivity index (χ2v) is 9.59. The van der Waals surface area contributed by atoms with Crippen molar-refractivity contribution in [2.45, 2.75) is 13.0 Å². The summed E-state index contributed by atoms with van der Waals surface area (Å²) in [5, 5.41) is 0. The average molecular weight is 393 g/mol. The lowest BCUT2D eigenvalue weighted by molar-refractivity contribution is 0.0769. The summed E-state index contributed by atoms with van der Waals surface area (Å²) in [5.41, 5.74) is 2.06. The number of benzene rings is 1. The van der Waals surface area contributed by atoms with Gasteiger partial charge in [-0.25, -0.2) is 12.7 Å². The SMILES string of the molecule is CS(=O)(=O)N1CCCN(C(=O)c2cc3c(s2)-c2ccccc2OC3)CC1. The summed E-state index contributed by atoms with van der Waals surface area (Å²) in [5.74, 6) is 0.816. The molecule has 3 heterocycles. The predicted molar refractivity (Wildman–Crippen MR) is 101 cm³/mol. The van der Waals surface area contributed by atoms with Gasteiger partial charge in [0, 0.05) is 42.2 Å². The zero-order valence-electron chi connectivity index (χ0n) is 14.5. The summed E-state index contributed by atoms with van der Waals surface area (Å²) < 4.78 is 30.7. The van der Waals surface area contributed by atoms with Gasteiger partial charge in [-0.1, -0.05) is 12.1 Å². The smallest absolute Gasteiger partial charge is 0.263 e. The van der Waals surface area contributed by atoms with Gasteiger partial charge in [-0.05, 0) is 24.6 Å². The Bertz CT molecular complexity index is 952. The molecule has 2 aliphatic rings. The van der Waals surface area contributed by atoms with E-state index in [1.165, 1.54) is 21.9 Å². The number of carbonyl (C=O) groups excluding carboxylic acids is 1. The van der Waals surface area contributed by atoms with Crippen molar-refractivity contribution in [1.29, 1.82) is 0 Å². The van der Waals surface area contributed by atoms with Gasteiger partial charge >= 0.3 is 0 Å². The molecular weight excluding hydrogens is 372 g/mol. The molecule has 0 radical (unpaired) electrons. The molecule has 0 aliphatic carbocycles. The predicted octanol–water partition coefficient (Wildman–Crippen LogP) is 2.42. The van der Waals surface area contributed by atoms with Gasteiger partial charge in [-0.3, -0.25) is 4.79 Å². The lowest BCUT2D eigenvalue weighted by Crippen LogP contribution is -2.36. The number of hydrogen-bond donors (Lipinski definition) is 0.